The van der Waals surface area contributed by atoms with E-state index in [0.29, 0.717) is 51.3 Å². The number of hydrogen-bond acceptors (Lipinski definition) is 6. The van der Waals surface area contributed by atoms with E-state index in [1.165, 1.54) is 31.3 Å². The second kappa shape index (κ2) is 15.1. The average Bonchev–Trinajstić information content (AvgIpc) is 3.91. The molecule has 10 nitrogen and oxygen atoms in total. The Bertz CT molecular complexity index is 1770. The van der Waals surface area contributed by atoms with Crippen molar-refractivity contribution in [2.45, 2.75) is 61.4 Å². The highest BCUT2D eigenvalue weighted by molar-refractivity contribution is 7.89. The number of sulfonamides is 1. The van der Waals surface area contributed by atoms with Crippen molar-refractivity contribution in [1.82, 2.24) is 14.5 Å². The van der Waals surface area contributed by atoms with Crippen LogP contribution in [0.4, 0.5) is 19.3 Å². The van der Waals surface area contributed by atoms with Gasteiger partial charge in [0, 0.05) is 63.1 Å². The Morgan fingerprint density at radius 2 is 1.74 bits per heavy atom. The average molecular weight is 711 g/mol. The van der Waals surface area contributed by atoms with Gasteiger partial charge in [0.25, 0.3) is 0 Å². The highest BCUT2D eigenvalue weighted by Gasteiger charge is 2.49. The van der Waals surface area contributed by atoms with Gasteiger partial charge in [0.1, 0.15) is 17.7 Å². The first-order valence-corrected chi connectivity index (χ1v) is 18.6. The summed E-state index contributed by atoms with van der Waals surface area (Å²) in [7, 11) is -2.53. The smallest absolute Gasteiger partial charge is 0.407 e. The van der Waals surface area contributed by atoms with E-state index in [1.807, 2.05) is 0 Å². The number of nitrogens with zero attached hydrogens (tertiary/aromatic N) is 2. The number of carbonyl (C=O) groups excluding carboxylic acids is 1. The third-order valence-electron chi connectivity index (χ3n) is 10.5. The van der Waals surface area contributed by atoms with Crippen LogP contribution in [0.15, 0.2) is 77.7 Å². The number of carbonyl (C=O) groups is 2. The largest absolute Gasteiger partial charge is 0.465 e. The predicted molar refractivity (Wildman–Crippen MR) is 184 cm³/mol. The lowest BCUT2D eigenvalue weighted by Crippen LogP contribution is -2.50. The van der Waals surface area contributed by atoms with E-state index in [1.54, 1.807) is 52.8 Å². The van der Waals surface area contributed by atoms with E-state index >= 15 is 4.39 Å². The van der Waals surface area contributed by atoms with Crippen molar-refractivity contribution in [2.75, 3.05) is 45.2 Å². The summed E-state index contributed by atoms with van der Waals surface area (Å²) in [6, 6.07) is 16.6. The third kappa shape index (κ3) is 7.85. The molecule has 2 saturated heterocycles. The van der Waals surface area contributed by atoms with Gasteiger partial charge in [-0.2, -0.15) is 4.31 Å². The molecular formula is C37H44F2N4O6S. The minimum Gasteiger partial charge on any atom is -0.465 e. The van der Waals surface area contributed by atoms with E-state index in [-0.39, 0.29) is 40.3 Å². The molecule has 3 atom stereocenters. The van der Waals surface area contributed by atoms with E-state index in [4.69, 9.17) is 4.74 Å². The van der Waals surface area contributed by atoms with Crippen LogP contribution in [0, 0.1) is 23.0 Å². The Morgan fingerprint density at radius 3 is 2.40 bits per heavy atom. The number of likely N-dealkylation sites (N-methyl/N-ethyl adjacent to an activating group) is 1. The van der Waals surface area contributed by atoms with E-state index in [0.717, 1.165) is 17.7 Å². The lowest BCUT2D eigenvalue weighted by atomic mass is 9.76. The number of carboxylic acid groups (broad SMARTS) is 1. The number of rotatable bonds is 11. The lowest BCUT2D eigenvalue weighted by Gasteiger charge is -2.38. The molecule has 3 aromatic carbocycles. The second-order valence-electron chi connectivity index (χ2n) is 13.8. The first-order valence-electron chi connectivity index (χ1n) is 17.1. The minimum atomic E-state index is -3.85. The van der Waals surface area contributed by atoms with Gasteiger partial charge in [0.2, 0.25) is 15.9 Å². The van der Waals surface area contributed by atoms with Crippen LogP contribution in [0.3, 0.4) is 0 Å². The molecule has 6 rings (SSSR count). The lowest BCUT2D eigenvalue weighted by molar-refractivity contribution is -0.122. The van der Waals surface area contributed by atoms with Crippen molar-refractivity contribution < 1.29 is 36.6 Å². The van der Waals surface area contributed by atoms with Crippen molar-refractivity contribution in [3.63, 3.8) is 0 Å². The Morgan fingerprint density at radius 1 is 1.04 bits per heavy atom. The van der Waals surface area contributed by atoms with Crippen LogP contribution in [0.1, 0.15) is 49.1 Å². The first-order chi connectivity index (χ1) is 24.0. The molecule has 1 saturated carbocycles. The quantitative estimate of drug-likeness (QED) is 0.241. The van der Waals surface area contributed by atoms with Crippen LogP contribution in [0.5, 0.6) is 0 Å². The molecule has 1 aliphatic carbocycles. The Hall–Kier alpha value is -3.91. The van der Waals surface area contributed by atoms with Crippen LogP contribution < -0.4 is 10.6 Å². The summed E-state index contributed by atoms with van der Waals surface area (Å²) in [5.74, 6) is -2.46. The number of hydrogen-bond donors (Lipinski definition) is 3. The zero-order chi connectivity index (χ0) is 35.5. The number of anilines is 1. The number of amides is 2. The maximum absolute atomic E-state index is 15.7. The number of ether oxygens (including phenoxy) is 1. The number of benzene rings is 3. The maximum atomic E-state index is 15.7. The summed E-state index contributed by atoms with van der Waals surface area (Å²) in [6.45, 7) is 2.33. The molecule has 0 aromatic heterocycles. The summed E-state index contributed by atoms with van der Waals surface area (Å²) in [5, 5.41) is 16.4. The van der Waals surface area contributed by atoms with E-state index < -0.39 is 51.7 Å². The zero-order valence-electron chi connectivity index (χ0n) is 28.1. The number of halogens is 2. The molecule has 0 unspecified atom stereocenters. The molecule has 3 aliphatic rings. The maximum Gasteiger partial charge on any atom is 0.407 e. The van der Waals surface area contributed by atoms with Gasteiger partial charge in [-0.3, -0.25) is 9.69 Å². The van der Waals surface area contributed by atoms with Crippen LogP contribution in [-0.4, -0.2) is 86.7 Å². The van der Waals surface area contributed by atoms with Gasteiger partial charge >= 0.3 is 6.09 Å². The summed E-state index contributed by atoms with van der Waals surface area (Å²) in [5.41, 5.74) is 0.871. The molecule has 3 N–H and O–H groups in total. The van der Waals surface area contributed by atoms with Crippen molar-refractivity contribution in [2.24, 2.45) is 11.3 Å². The SMILES string of the molecule is CN(C(=O)O)[C@H](C(=O)Nc1cccc(F)c1CC[C@H]1CNCC2(CC2)CN1S(=O)(=O)c1ccccc1)[C@@H](c1ccc(F)cc1)C1CCOCC1. The van der Waals surface area contributed by atoms with Crippen molar-refractivity contribution in [1.29, 1.82) is 0 Å². The summed E-state index contributed by atoms with van der Waals surface area (Å²) < 4.78 is 64.7. The van der Waals surface area contributed by atoms with Gasteiger partial charge in [0.15, 0.2) is 0 Å². The summed E-state index contributed by atoms with van der Waals surface area (Å²) in [4.78, 5) is 27.8. The molecule has 3 aromatic rings. The zero-order valence-corrected chi connectivity index (χ0v) is 28.9. The third-order valence-corrected chi connectivity index (χ3v) is 12.5. The Balaban J connectivity index is 1.28. The van der Waals surface area contributed by atoms with Crippen molar-refractivity contribution >= 4 is 27.7 Å². The molecule has 3 fully saturated rings. The molecule has 0 bridgehead atoms. The molecule has 2 aliphatic heterocycles. The molecule has 268 valence electrons. The fourth-order valence-electron chi connectivity index (χ4n) is 7.51. The van der Waals surface area contributed by atoms with Gasteiger partial charge in [-0.15, -0.1) is 0 Å². The fourth-order valence-corrected chi connectivity index (χ4v) is 9.29. The second-order valence-corrected chi connectivity index (χ2v) is 15.7. The van der Waals surface area contributed by atoms with Crippen molar-refractivity contribution in [3.8, 4) is 0 Å². The van der Waals surface area contributed by atoms with Crippen LogP contribution in [0.25, 0.3) is 0 Å². The Kier molecular flexibility index (Phi) is 10.9. The van der Waals surface area contributed by atoms with Gasteiger partial charge < -0.3 is 20.5 Å². The molecule has 1 spiro atoms. The minimum absolute atomic E-state index is 0.114. The van der Waals surface area contributed by atoms with E-state index in [9.17, 15) is 27.5 Å². The summed E-state index contributed by atoms with van der Waals surface area (Å²) >= 11 is 0. The van der Waals surface area contributed by atoms with Gasteiger partial charge in [-0.1, -0.05) is 36.4 Å². The molecule has 50 heavy (non-hydrogen) atoms. The van der Waals surface area contributed by atoms with Crippen molar-refractivity contribution in [3.05, 3.63) is 95.6 Å². The molecule has 0 radical (unpaired) electrons. The molecular weight excluding hydrogens is 666 g/mol. The van der Waals surface area contributed by atoms with Gasteiger partial charge in [-0.05, 0) is 91.8 Å². The van der Waals surface area contributed by atoms with Crippen LogP contribution in [0.2, 0.25) is 0 Å². The predicted octanol–water partition coefficient (Wildman–Crippen LogP) is 5.47. The molecule has 13 heteroatoms. The van der Waals surface area contributed by atoms with Crippen LogP contribution in [-0.2, 0) is 26.0 Å². The summed E-state index contributed by atoms with van der Waals surface area (Å²) in [6.07, 6.45) is 2.07. The number of nitrogens with one attached hydrogen (secondary N) is 2. The van der Waals surface area contributed by atoms with Crippen LogP contribution >= 0.6 is 0 Å². The topological polar surface area (TPSA) is 128 Å². The monoisotopic (exact) mass is 710 g/mol. The highest BCUT2D eigenvalue weighted by atomic mass is 32.2. The van der Waals surface area contributed by atoms with Gasteiger partial charge in [-0.25, -0.2) is 22.0 Å². The van der Waals surface area contributed by atoms with E-state index in [2.05, 4.69) is 10.6 Å². The molecule has 2 heterocycles. The normalized spacial score (nSPS) is 20.8. The Labute approximate surface area is 291 Å². The fraction of sp³-hybridized carbons (Fsp3) is 0.459. The standard InChI is InChI=1S/C37H44F2N4O6S/c1-42(36(45)46)34(33(26-16-20-49-21-17-26)25-10-12-27(38)13-11-25)35(44)41-32-9-5-8-31(39)30(32)15-14-28-22-40-23-37(18-19-37)24-43(28)50(47,48)29-6-3-2-4-7-29/h2-13,26,28,33-34,40H,14-24H2,1H3,(H,41,44)(H,45,46)/t28-,33-,34-/m0/s1. The molecule has 2 amide bonds. The highest BCUT2D eigenvalue weighted by Crippen LogP contribution is 2.48. The van der Waals surface area contributed by atoms with Gasteiger partial charge in [0.05, 0.1) is 4.90 Å². The first kappa shape index (κ1) is 35.9.